The van der Waals surface area contributed by atoms with Crippen molar-refractivity contribution in [2.45, 2.75) is 76.7 Å². The lowest BCUT2D eigenvalue weighted by molar-refractivity contribution is 0.230. The Morgan fingerprint density at radius 1 is 0.895 bits per heavy atom. The standard InChI is InChI=1S/C17H34N2/c1-19(15-16-9-5-4-6-10-16)14-8-3-2-7-13-18-17-11-12-17/h16-18H,2-15H2,1H3. The van der Waals surface area contributed by atoms with E-state index < -0.39 is 0 Å². The summed E-state index contributed by atoms with van der Waals surface area (Å²) in [5, 5.41) is 3.60. The second-order valence-corrected chi connectivity index (χ2v) is 6.91. The van der Waals surface area contributed by atoms with E-state index >= 15 is 0 Å². The largest absolute Gasteiger partial charge is 0.314 e. The molecule has 1 N–H and O–H groups in total. The first kappa shape index (κ1) is 15.3. The Kier molecular flexibility index (Phi) is 7.23. The Labute approximate surface area is 120 Å². The zero-order valence-corrected chi connectivity index (χ0v) is 13.0. The Balaban J connectivity index is 1.36. The van der Waals surface area contributed by atoms with Gasteiger partial charge in [0, 0.05) is 12.6 Å². The number of unbranched alkanes of at least 4 members (excludes halogenated alkanes) is 3. The van der Waals surface area contributed by atoms with Crippen molar-refractivity contribution in [1.29, 1.82) is 0 Å². The third-order valence-corrected chi connectivity index (χ3v) is 4.77. The van der Waals surface area contributed by atoms with Crippen molar-refractivity contribution >= 4 is 0 Å². The van der Waals surface area contributed by atoms with Gasteiger partial charge in [0.1, 0.15) is 0 Å². The summed E-state index contributed by atoms with van der Waals surface area (Å²) >= 11 is 0. The van der Waals surface area contributed by atoms with E-state index in [0.717, 1.165) is 12.0 Å². The van der Waals surface area contributed by atoms with E-state index in [1.807, 2.05) is 0 Å². The second-order valence-electron chi connectivity index (χ2n) is 6.91. The molecule has 2 rings (SSSR count). The molecule has 2 saturated carbocycles. The number of nitrogens with one attached hydrogen (secondary N) is 1. The molecule has 0 aliphatic heterocycles. The maximum atomic E-state index is 3.60. The maximum Gasteiger partial charge on any atom is 0.00682 e. The molecule has 0 aromatic heterocycles. The summed E-state index contributed by atoms with van der Waals surface area (Å²) in [5.41, 5.74) is 0. The Hall–Kier alpha value is -0.0800. The first-order chi connectivity index (χ1) is 9.34. The maximum absolute atomic E-state index is 3.60. The predicted octanol–water partition coefficient (Wildman–Crippen LogP) is 3.81. The van der Waals surface area contributed by atoms with E-state index in [1.165, 1.54) is 90.3 Å². The zero-order chi connectivity index (χ0) is 13.3. The Morgan fingerprint density at radius 2 is 1.63 bits per heavy atom. The van der Waals surface area contributed by atoms with Gasteiger partial charge in [-0.05, 0) is 64.6 Å². The SMILES string of the molecule is CN(CCCCCCNC1CC1)CC1CCCCC1. The first-order valence-corrected chi connectivity index (χ1v) is 8.76. The summed E-state index contributed by atoms with van der Waals surface area (Å²) < 4.78 is 0. The van der Waals surface area contributed by atoms with Crippen molar-refractivity contribution < 1.29 is 0 Å². The van der Waals surface area contributed by atoms with Crippen LogP contribution in [-0.4, -0.2) is 37.6 Å². The highest BCUT2D eigenvalue weighted by atomic mass is 15.1. The van der Waals surface area contributed by atoms with Crippen LogP contribution in [0.15, 0.2) is 0 Å². The van der Waals surface area contributed by atoms with Gasteiger partial charge in [0.15, 0.2) is 0 Å². The third-order valence-electron chi connectivity index (χ3n) is 4.77. The van der Waals surface area contributed by atoms with Crippen molar-refractivity contribution in [2.75, 3.05) is 26.7 Å². The van der Waals surface area contributed by atoms with Gasteiger partial charge in [-0.15, -0.1) is 0 Å². The highest BCUT2D eigenvalue weighted by Crippen LogP contribution is 2.24. The van der Waals surface area contributed by atoms with E-state index in [9.17, 15) is 0 Å². The molecule has 2 aliphatic rings. The van der Waals surface area contributed by atoms with Crippen LogP contribution in [0, 0.1) is 5.92 Å². The molecule has 112 valence electrons. The molecule has 2 fully saturated rings. The molecule has 2 nitrogen and oxygen atoms in total. The van der Waals surface area contributed by atoms with Crippen LogP contribution in [0.25, 0.3) is 0 Å². The highest BCUT2D eigenvalue weighted by molar-refractivity contribution is 4.80. The Bertz CT molecular complexity index is 219. The Morgan fingerprint density at radius 3 is 2.37 bits per heavy atom. The molecule has 19 heavy (non-hydrogen) atoms. The van der Waals surface area contributed by atoms with Crippen LogP contribution in [0.4, 0.5) is 0 Å². The normalized spacial score (nSPS) is 21.2. The molecule has 0 atom stereocenters. The molecule has 0 bridgehead atoms. The molecule has 0 spiro atoms. The summed E-state index contributed by atoms with van der Waals surface area (Å²) in [6.07, 6.45) is 15.9. The molecular weight excluding hydrogens is 232 g/mol. The van der Waals surface area contributed by atoms with E-state index in [1.54, 1.807) is 0 Å². The number of nitrogens with zero attached hydrogens (tertiary/aromatic N) is 1. The molecular formula is C17H34N2. The van der Waals surface area contributed by atoms with Crippen molar-refractivity contribution in [3.05, 3.63) is 0 Å². The van der Waals surface area contributed by atoms with Gasteiger partial charge >= 0.3 is 0 Å². The lowest BCUT2D eigenvalue weighted by Gasteiger charge is -2.26. The van der Waals surface area contributed by atoms with E-state index in [2.05, 4.69) is 17.3 Å². The van der Waals surface area contributed by atoms with Crippen LogP contribution < -0.4 is 5.32 Å². The van der Waals surface area contributed by atoms with Crippen molar-refractivity contribution in [1.82, 2.24) is 10.2 Å². The zero-order valence-electron chi connectivity index (χ0n) is 13.0. The number of rotatable bonds is 10. The fourth-order valence-corrected chi connectivity index (χ4v) is 3.36. The van der Waals surface area contributed by atoms with Gasteiger partial charge < -0.3 is 10.2 Å². The van der Waals surface area contributed by atoms with Crippen LogP contribution in [0.1, 0.15) is 70.6 Å². The number of hydrogen-bond acceptors (Lipinski definition) is 2. The lowest BCUT2D eigenvalue weighted by Crippen LogP contribution is -2.28. The monoisotopic (exact) mass is 266 g/mol. The molecule has 0 unspecified atom stereocenters. The minimum atomic E-state index is 0.890. The quantitative estimate of drug-likeness (QED) is 0.605. The van der Waals surface area contributed by atoms with Gasteiger partial charge in [-0.1, -0.05) is 32.1 Å². The topological polar surface area (TPSA) is 15.3 Å². The molecule has 0 heterocycles. The average molecular weight is 266 g/mol. The van der Waals surface area contributed by atoms with E-state index in [0.29, 0.717) is 0 Å². The fraction of sp³-hybridized carbons (Fsp3) is 1.00. The summed E-state index contributed by atoms with van der Waals surface area (Å²) in [5.74, 6) is 1.00. The highest BCUT2D eigenvalue weighted by Gasteiger charge is 2.19. The molecule has 0 radical (unpaired) electrons. The minimum absolute atomic E-state index is 0.890. The van der Waals surface area contributed by atoms with Gasteiger partial charge in [-0.25, -0.2) is 0 Å². The molecule has 0 aromatic carbocycles. The van der Waals surface area contributed by atoms with Gasteiger partial charge in [0.2, 0.25) is 0 Å². The number of hydrogen-bond donors (Lipinski definition) is 1. The smallest absolute Gasteiger partial charge is 0.00682 e. The third kappa shape index (κ3) is 7.31. The van der Waals surface area contributed by atoms with Crippen molar-refractivity contribution in [3.63, 3.8) is 0 Å². The lowest BCUT2D eigenvalue weighted by atomic mass is 9.89. The van der Waals surface area contributed by atoms with Gasteiger partial charge in [0.25, 0.3) is 0 Å². The van der Waals surface area contributed by atoms with Crippen LogP contribution >= 0.6 is 0 Å². The summed E-state index contributed by atoms with van der Waals surface area (Å²) in [6.45, 7) is 3.92. The summed E-state index contributed by atoms with van der Waals surface area (Å²) in [6, 6.07) is 0.890. The van der Waals surface area contributed by atoms with Crippen LogP contribution in [0.2, 0.25) is 0 Å². The fourth-order valence-electron chi connectivity index (χ4n) is 3.36. The van der Waals surface area contributed by atoms with Crippen molar-refractivity contribution in [2.24, 2.45) is 5.92 Å². The van der Waals surface area contributed by atoms with Crippen LogP contribution in [0.3, 0.4) is 0 Å². The van der Waals surface area contributed by atoms with Crippen LogP contribution in [0.5, 0.6) is 0 Å². The minimum Gasteiger partial charge on any atom is -0.314 e. The summed E-state index contributed by atoms with van der Waals surface area (Å²) in [7, 11) is 2.32. The van der Waals surface area contributed by atoms with Gasteiger partial charge in [0.05, 0.1) is 0 Å². The predicted molar refractivity (Wildman–Crippen MR) is 83.6 cm³/mol. The summed E-state index contributed by atoms with van der Waals surface area (Å²) in [4.78, 5) is 2.58. The van der Waals surface area contributed by atoms with Crippen LogP contribution in [-0.2, 0) is 0 Å². The molecule has 0 saturated heterocycles. The van der Waals surface area contributed by atoms with E-state index in [-0.39, 0.29) is 0 Å². The molecule has 2 heteroatoms. The second kappa shape index (κ2) is 8.97. The van der Waals surface area contributed by atoms with E-state index in [4.69, 9.17) is 0 Å². The molecule has 0 aromatic rings. The van der Waals surface area contributed by atoms with Gasteiger partial charge in [-0.3, -0.25) is 0 Å². The molecule has 0 amide bonds. The average Bonchev–Trinajstić information content (AvgIpc) is 3.23. The van der Waals surface area contributed by atoms with Crippen molar-refractivity contribution in [3.8, 4) is 0 Å². The molecule has 2 aliphatic carbocycles. The van der Waals surface area contributed by atoms with Gasteiger partial charge in [-0.2, -0.15) is 0 Å². The first-order valence-electron chi connectivity index (χ1n) is 8.76.